The minimum Gasteiger partial charge on any atom is -0.492 e. The van der Waals surface area contributed by atoms with Crippen molar-refractivity contribution < 1.29 is 28.1 Å². The van der Waals surface area contributed by atoms with Crippen molar-refractivity contribution in [1.82, 2.24) is 9.69 Å². The Kier molecular flexibility index (Phi) is 7.44. The van der Waals surface area contributed by atoms with Gasteiger partial charge in [0.25, 0.3) is 0 Å². The summed E-state index contributed by atoms with van der Waals surface area (Å²) < 4.78 is 48.2. The van der Waals surface area contributed by atoms with Crippen molar-refractivity contribution in [3.63, 3.8) is 0 Å². The fourth-order valence-corrected chi connectivity index (χ4v) is 3.69. The summed E-state index contributed by atoms with van der Waals surface area (Å²) in [6.45, 7) is 3.48. The number of aromatic hydroxyl groups is 1. The van der Waals surface area contributed by atoms with Crippen LogP contribution in [0.2, 0.25) is 0 Å². The third-order valence-electron chi connectivity index (χ3n) is 4.83. The molecule has 3 aromatic rings. The van der Waals surface area contributed by atoms with E-state index in [1.54, 1.807) is 25.1 Å². The van der Waals surface area contributed by atoms with Crippen molar-refractivity contribution in [3.05, 3.63) is 59.2 Å². The number of halogens is 3. The van der Waals surface area contributed by atoms with Gasteiger partial charge in [0.05, 0.1) is 18.2 Å². The van der Waals surface area contributed by atoms with E-state index in [-0.39, 0.29) is 35.7 Å². The Morgan fingerprint density at radius 3 is 2.58 bits per heavy atom. The molecular weight excluding hydrogens is 457 g/mol. The van der Waals surface area contributed by atoms with Crippen LogP contribution in [0.5, 0.6) is 17.4 Å². The number of hydrogen-bond donors (Lipinski definition) is 5. The number of aliphatic hydroxyl groups is 1. The van der Waals surface area contributed by atoms with E-state index in [4.69, 9.17) is 10.1 Å². The van der Waals surface area contributed by atoms with E-state index >= 15 is 0 Å². The van der Waals surface area contributed by atoms with Crippen molar-refractivity contribution in [3.8, 4) is 17.4 Å². The summed E-state index contributed by atoms with van der Waals surface area (Å²) in [6.07, 6.45) is -3.87. The largest absolute Gasteiger partial charge is 0.492 e. The zero-order chi connectivity index (χ0) is 24.2. The Hall–Kier alpha value is -3.31. The summed E-state index contributed by atoms with van der Waals surface area (Å²) >= 11 is 0.969. The number of anilines is 2. The van der Waals surface area contributed by atoms with Gasteiger partial charge in [0.2, 0.25) is 5.88 Å². The van der Waals surface area contributed by atoms with Crippen LogP contribution in [0.1, 0.15) is 30.0 Å². The van der Waals surface area contributed by atoms with Crippen molar-refractivity contribution in [1.29, 1.82) is 5.41 Å². The predicted octanol–water partition coefficient (Wildman–Crippen LogP) is 5.40. The minimum absolute atomic E-state index is 0.0634. The summed E-state index contributed by atoms with van der Waals surface area (Å²) in [5, 5.41) is 34.1. The Morgan fingerprint density at radius 2 is 1.94 bits per heavy atom. The highest BCUT2D eigenvalue weighted by Gasteiger charge is 2.30. The van der Waals surface area contributed by atoms with Gasteiger partial charge in [-0.25, -0.2) is 0 Å². The molecule has 176 valence electrons. The molecule has 0 spiro atoms. The van der Waals surface area contributed by atoms with E-state index in [0.717, 1.165) is 29.2 Å². The molecule has 0 saturated heterocycles. The number of rotatable bonds is 8. The fraction of sp³-hybridized carbons (Fsp3) is 0.273. The second-order valence-electron chi connectivity index (χ2n) is 7.25. The smallest absolute Gasteiger partial charge is 0.416 e. The van der Waals surface area contributed by atoms with Crippen LogP contribution in [0.25, 0.3) is 0 Å². The molecule has 11 heteroatoms. The summed E-state index contributed by atoms with van der Waals surface area (Å²) in [5.41, 5.74) is 0.739. The number of amidine groups is 1. The lowest BCUT2D eigenvalue weighted by Crippen LogP contribution is -2.37. The summed E-state index contributed by atoms with van der Waals surface area (Å²) in [7, 11) is 0. The SMILES string of the molecule is CC[C@H](CO)NC(=N)c1c(O)nsc1Nc1ccc(Oc2cccc(C(F)(F)F)c2)cc1C. The minimum atomic E-state index is -4.46. The van der Waals surface area contributed by atoms with Crippen LogP contribution in [-0.2, 0) is 6.18 Å². The lowest BCUT2D eigenvalue weighted by atomic mass is 10.1. The molecule has 33 heavy (non-hydrogen) atoms. The van der Waals surface area contributed by atoms with E-state index in [0.29, 0.717) is 22.9 Å². The number of aliphatic hydroxyl groups excluding tert-OH is 1. The first kappa shape index (κ1) is 24.3. The molecule has 0 radical (unpaired) electrons. The van der Waals surface area contributed by atoms with Gasteiger partial charge in [-0.2, -0.15) is 17.5 Å². The average molecular weight is 481 g/mol. The summed E-state index contributed by atoms with van der Waals surface area (Å²) in [5.74, 6) is 0.0307. The lowest BCUT2D eigenvalue weighted by molar-refractivity contribution is -0.137. The molecule has 0 fully saturated rings. The maximum Gasteiger partial charge on any atom is 0.416 e. The molecule has 1 heterocycles. The van der Waals surface area contributed by atoms with Gasteiger partial charge in [-0.15, -0.1) is 0 Å². The van der Waals surface area contributed by atoms with Crippen molar-refractivity contribution in [2.24, 2.45) is 0 Å². The van der Waals surface area contributed by atoms with Crippen LogP contribution in [0.15, 0.2) is 42.5 Å². The molecule has 3 rings (SSSR count). The van der Waals surface area contributed by atoms with Gasteiger partial charge in [-0.05, 0) is 66.8 Å². The third-order valence-corrected chi connectivity index (χ3v) is 5.58. The highest BCUT2D eigenvalue weighted by Crippen LogP contribution is 2.36. The maximum atomic E-state index is 12.9. The monoisotopic (exact) mass is 480 g/mol. The van der Waals surface area contributed by atoms with E-state index in [1.807, 2.05) is 6.92 Å². The zero-order valence-electron chi connectivity index (χ0n) is 17.8. The van der Waals surface area contributed by atoms with E-state index in [9.17, 15) is 23.4 Å². The summed E-state index contributed by atoms with van der Waals surface area (Å²) in [6, 6.07) is 9.23. The van der Waals surface area contributed by atoms with Crippen LogP contribution < -0.4 is 15.4 Å². The quantitative estimate of drug-likeness (QED) is 0.218. The van der Waals surface area contributed by atoms with Crippen molar-refractivity contribution in [2.45, 2.75) is 32.5 Å². The van der Waals surface area contributed by atoms with E-state index in [2.05, 4.69) is 15.0 Å². The molecule has 0 unspecified atom stereocenters. The third kappa shape index (κ3) is 5.93. The number of nitrogens with zero attached hydrogens (tertiary/aromatic N) is 1. The van der Waals surface area contributed by atoms with Gasteiger partial charge < -0.3 is 25.6 Å². The van der Waals surface area contributed by atoms with Gasteiger partial charge in [0, 0.05) is 5.69 Å². The highest BCUT2D eigenvalue weighted by atomic mass is 32.1. The fourth-order valence-electron chi connectivity index (χ4n) is 2.98. The molecule has 5 N–H and O–H groups in total. The number of aryl methyl sites for hydroxylation is 1. The molecule has 0 amide bonds. The number of benzene rings is 2. The standard InChI is InChI=1S/C22H23F3N4O3S/c1-3-14(11-30)27-19(26)18-20(31)29-33-21(18)28-17-8-7-16(9-12(17)2)32-15-6-4-5-13(10-15)22(23,24)25/h4-10,14,28,30H,3,11H2,1-2H3,(H2,26,27)(H,29,31)/t14-/m1/s1. The average Bonchev–Trinajstić information content (AvgIpc) is 3.13. The first-order valence-corrected chi connectivity index (χ1v) is 10.8. The van der Waals surface area contributed by atoms with Gasteiger partial charge >= 0.3 is 6.18 Å². The maximum absolute atomic E-state index is 12.9. The molecule has 0 aliphatic heterocycles. The first-order valence-electron chi connectivity index (χ1n) is 10.00. The van der Waals surface area contributed by atoms with Gasteiger partial charge in [-0.1, -0.05) is 13.0 Å². The van der Waals surface area contributed by atoms with Crippen LogP contribution in [0.4, 0.5) is 23.9 Å². The van der Waals surface area contributed by atoms with Gasteiger partial charge in [-0.3, -0.25) is 5.41 Å². The second kappa shape index (κ2) is 10.1. The number of alkyl halides is 3. The molecule has 2 aromatic carbocycles. The van der Waals surface area contributed by atoms with Gasteiger partial charge in [0.1, 0.15) is 27.9 Å². The number of ether oxygens (including phenoxy) is 1. The second-order valence-corrected chi connectivity index (χ2v) is 8.02. The Morgan fingerprint density at radius 1 is 1.21 bits per heavy atom. The normalized spacial score (nSPS) is 12.3. The number of aromatic nitrogens is 1. The van der Waals surface area contributed by atoms with Crippen molar-refractivity contribution >= 4 is 28.1 Å². The molecule has 1 aromatic heterocycles. The van der Waals surface area contributed by atoms with Crippen LogP contribution in [0.3, 0.4) is 0 Å². The molecule has 0 bridgehead atoms. The van der Waals surface area contributed by atoms with Crippen LogP contribution in [0, 0.1) is 12.3 Å². The number of nitrogens with one attached hydrogen (secondary N) is 3. The molecule has 0 saturated carbocycles. The highest BCUT2D eigenvalue weighted by molar-refractivity contribution is 7.11. The Bertz CT molecular complexity index is 1130. The first-order chi connectivity index (χ1) is 15.6. The van der Waals surface area contributed by atoms with E-state index in [1.165, 1.54) is 12.1 Å². The van der Waals surface area contributed by atoms with Crippen LogP contribution in [-0.4, -0.2) is 33.1 Å². The Balaban J connectivity index is 1.78. The predicted molar refractivity (Wildman–Crippen MR) is 121 cm³/mol. The lowest BCUT2D eigenvalue weighted by Gasteiger charge is -2.17. The topological polar surface area (TPSA) is 110 Å². The number of hydrogen-bond acceptors (Lipinski definition) is 7. The molecule has 7 nitrogen and oxygen atoms in total. The zero-order valence-corrected chi connectivity index (χ0v) is 18.6. The Labute approximate surface area is 192 Å². The van der Waals surface area contributed by atoms with Crippen molar-refractivity contribution in [2.75, 3.05) is 11.9 Å². The molecular formula is C22H23F3N4O3S. The molecule has 0 aliphatic carbocycles. The van der Waals surface area contributed by atoms with Crippen LogP contribution >= 0.6 is 11.5 Å². The van der Waals surface area contributed by atoms with E-state index < -0.39 is 11.7 Å². The molecule has 1 atom stereocenters. The van der Waals surface area contributed by atoms with Gasteiger partial charge in [0.15, 0.2) is 0 Å². The molecule has 0 aliphatic rings. The summed E-state index contributed by atoms with van der Waals surface area (Å²) in [4.78, 5) is 0.